The third kappa shape index (κ3) is 3.50. The molecule has 4 aromatic rings. The second-order valence-electron chi connectivity index (χ2n) is 7.59. The van der Waals surface area contributed by atoms with Crippen molar-refractivity contribution in [2.75, 3.05) is 0 Å². The van der Waals surface area contributed by atoms with Crippen molar-refractivity contribution in [3.05, 3.63) is 52.7 Å². The Kier molecular flexibility index (Phi) is 4.93. The molecule has 3 aromatic heterocycles. The highest BCUT2D eigenvalue weighted by Gasteiger charge is 2.37. The van der Waals surface area contributed by atoms with Crippen LogP contribution >= 0.6 is 11.6 Å². The predicted octanol–water partition coefficient (Wildman–Crippen LogP) is 5.53. The van der Waals surface area contributed by atoms with E-state index >= 15 is 0 Å². The van der Waals surface area contributed by atoms with Gasteiger partial charge in [-0.25, -0.2) is 4.98 Å². The van der Waals surface area contributed by atoms with Crippen LogP contribution in [0.15, 0.2) is 36.4 Å². The Morgan fingerprint density at radius 1 is 0.824 bits per heavy atom. The molecule has 5 rings (SSSR count). The minimum absolute atomic E-state index is 0.0325. The second-order valence-corrected chi connectivity index (χ2v) is 7.97. The van der Waals surface area contributed by atoms with Crippen LogP contribution in [0, 0.1) is 0 Å². The maximum Gasteiger partial charge on any atom is 0.433 e. The van der Waals surface area contributed by atoms with Crippen molar-refractivity contribution in [3.8, 4) is 34.6 Å². The molecule has 0 aliphatic carbocycles. The number of benzene rings is 1. The molecule has 0 radical (unpaired) electrons. The van der Waals surface area contributed by atoms with E-state index in [-0.39, 0.29) is 41.1 Å². The molecule has 0 spiro atoms. The first-order valence-corrected chi connectivity index (χ1v) is 10.1. The molecule has 0 saturated heterocycles. The first-order valence-electron chi connectivity index (χ1n) is 9.76. The first kappa shape index (κ1) is 22.3. The van der Waals surface area contributed by atoms with Gasteiger partial charge in [-0.05, 0) is 31.2 Å². The molecule has 0 unspecified atom stereocenters. The molecule has 14 heteroatoms. The molecular formula is C20H12ClF6N7. The number of pyridine rings is 1. The number of aromatic nitrogens is 7. The van der Waals surface area contributed by atoms with E-state index in [0.29, 0.717) is 0 Å². The molecule has 0 saturated carbocycles. The van der Waals surface area contributed by atoms with Crippen LogP contribution in [0.5, 0.6) is 0 Å². The van der Waals surface area contributed by atoms with Gasteiger partial charge in [-0.2, -0.15) is 26.3 Å². The zero-order chi connectivity index (χ0) is 24.4. The standard InChI is InChI=1S/C20H12ClF6N7/c1-9-8-33-16(12-6-3-7-13(28-12)20(25,26)27)30-31-17(33)18-32-29-15(34(9)18)10-4-2-5-11(14(10)21)19(22,23)24/h2-7,9H,8H2,1H3/t9-/m0/s1. The quantitative estimate of drug-likeness (QED) is 0.339. The Morgan fingerprint density at radius 3 is 2.18 bits per heavy atom. The fourth-order valence-corrected chi connectivity index (χ4v) is 4.18. The summed E-state index contributed by atoms with van der Waals surface area (Å²) in [6, 6.07) is 6.52. The zero-order valence-corrected chi connectivity index (χ0v) is 17.8. The molecule has 1 aliphatic rings. The maximum absolute atomic E-state index is 13.3. The van der Waals surface area contributed by atoms with Gasteiger partial charge in [0.1, 0.15) is 11.4 Å². The van der Waals surface area contributed by atoms with Gasteiger partial charge >= 0.3 is 12.4 Å². The van der Waals surface area contributed by atoms with Crippen molar-refractivity contribution >= 4 is 11.6 Å². The molecular weight excluding hydrogens is 488 g/mol. The summed E-state index contributed by atoms with van der Waals surface area (Å²) in [5, 5.41) is 15.6. The fourth-order valence-electron chi connectivity index (χ4n) is 3.86. The molecule has 0 amide bonds. The van der Waals surface area contributed by atoms with Crippen molar-refractivity contribution in [1.29, 1.82) is 0 Å². The van der Waals surface area contributed by atoms with Crippen LogP contribution in [-0.4, -0.2) is 34.5 Å². The van der Waals surface area contributed by atoms with Crippen molar-refractivity contribution in [2.24, 2.45) is 0 Å². The van der Waals surface area contributed by atoms with Crippen LogP contribution < -0.4 is 0 Å². The molecule has 1 aliphatic heterocycles. The average Bonchev–Trinajstić information content (AvgIpc) is 3.37. The Hall–Kier alpha value is -3.48. The molecule has 7 nitrogen and oxygen atoms in total. The van der Waals surface area contributed by atoms with Crippen molar-refractivity contribution < 1.29 is 26.3 Å². The summed E-state index contributed by atoms with van der Waals surface area (Å²) in [7, 11) is 0. The van der Waals surface area contributed by atoms with Gasteiger partial charge in [0.05, 0.1) is 16.6 Å². The van der Waals surface area contributed by atoms with Crippen LogP contribution in [0.4, 0.5) is 26.3 Å². The van der Waals surface area contributed by atoms with Crippen molar-refractivity contribution in [3.63, 3.8) is 0 Å². The highest BCUT2D eigenvalue weighted by molar-refractivity contribution is 6.34. The largest absolute Gasteiger partial charge is 0.433 e. The monoisotopic (exact) mass is 499 g/mol. The van der Waals surface area contributed by atoms with Gasteiger partial charge in [-0.1, -0.05) is 23.7 Å². The predicted molar refractivity (Wildman–Crippen MR) is 107 cm³/mol. The van der Waals surface area contributed by atoms with Gasteiger partial charge in [0.25, 0.3) is 0 Å². The lowest BCUT2D eigenvalue weighted by Gasteiger charge is -2.25. The summed E-state index contributed by atoms with van der Waals surface area (Å²) >= 11 is 6.08. The Bertz CT molecular complexity index is 1410. The fraction of sp³-hybridized carbons (Fsp3) is 0.250. The summed E-state index contributed by atoms with van der Waals surface area (Å²) < 4.78 is 82.4. The second kappa shape index (κ2) is 7.52. The van der Waals surface area contributed by atoms with Gasteiger partial charge in [0.2, 0.25) is 11.6 Å². The first-order chi connectivity index (χ1) is 16.0. The topological polar surface area (TPSA) is 74.3 Å². The van der Waals surface area contributed by atoms with E-state index in [9.17, 15) is 26.3 Å². The van der Waals surface area contributed by atoms with E-state index in [1.54, 1.807) is 16.1 Å². The van der Waals surface area contributed by atoms with Crippen molar-refractivity contribution in [2.45, 2.75) is 31.9 Å². The van der Waals surface area contributed by atoms with Gasteiger partial charge in [0.15, 0.2) is 11.6 Å². The smallest absolute Gasteiger partial charge is 0.301 e. The lowest BCUT2D eigenvalue weighted by molar-refractivity contribution is -0.141. The Labute approximate surface area is 192 Å². The van der Waals surface area contributed by atoms with Crippen molar-refractivity contribution in [1.82, 2.24) is 34.5 Å². The van der Waals surface area contributed by atoms with E-state index in [1.165, 1.54) is 24.3 Å². The third-order valence-electron chi connectivity index (χ3n) is 5.35. The number of nitrogens with zero attached hydrogens (tertiary/aromatic N) is 7. The van der Waals surface area contributed by atoms with E-state index in [4.69, 9.17) is 11.6 Å². The van der Waals surface area contributed by atoms with E-state index in [2.05, 4.69) is 25.4 Å². The van der Waals surface area contributed by atoms with Crippen LogP contribution in [0.2, 0.25) is 5.02 Å². The SMILES string of the molecule is C[C@H]1Cn2c(-c3cccc(C(F)(F)F)n3)nnc2-c2nnc(-c3cccc(C(F)(F)F)c3Cl)n21. The Balaban J connectivity index is 1.62. The van der Waals surface area contributed by atoms with Crippen LogP contribution in [0.3, 0.4) is 0 Å². The number of alkyl halides is 6. The van der Waals surface area contributed by atoms with Gasteiger partial charge < -0.3 is 4.57 Å². The molecule has 0 fully saturated rings. The molecule has 34 heavy (non-hydrogen) atoms. The molecule has 176 valence electrons. The average molecular weight is 500 g/mol. The summed E-state index contributed by atoms with van der Waals surface area (Å²) in [5.41, 5.74) is -2.07. The number of fused-ring (bicyclic) bond motifs is 3. The maximum atomic E-state index is 13.3. The molecule has 1 aromatic carbocycles. The van der Waals surface area contributed by atoms with Gasteiger partial charge in [-0.15, -0.1) is 20.4 Å². The Morgan fingerprint density at radius 2 is 1.47 bits per heavy atom. The number of hydrogen-bond donors (Lipinski definition) is 0. The van der Waals surface area contributed by atoms with Gasteiger partial charge in [0, 0.05) is 12.1 Å². The lowest BCUT2D eigenvalue weighted by atomic mass is 10.1. The van der Waals surface area contributed by atoms with E-state index < -0.39 is 34.7 Å². The summed E-state index contributed by atoms with van der Waals surface area (Å²) in [6.45, 7) is 1.94. The molecule has 4 heterocycles. The normalized spacial score (nSPS) is 15.8. The van der Waals surface area contributed by atoms with E-state index in [1.807, 2.05) is 0 Å². The zero-order valence-electron chi connectivity index (χ0n) is 17.0. The molecule has 0 N–H and O–H groups in total. The molecule has 1 atom stereocenters. The summed E-state index contributed by atoms with van der Waals surface area (Å²) in [5.74, 6) is 0.578. The highest BCUT2D eigenvalue weighted by atomic mass is 35.5. The van der Waals surface area contributed by atoms with E-state index in [0.717, 1.165) is 12.1 Å². The highest BCUT2D eigenvalue weighted by Crippen LogP contribution is 2.42. The minimum Gasteiger partial charge on any atom is -0.301 e. The summed E-state index contributed by atoms with van der Waals surface area (Å²) in [6.07, 6.45) is -9.29. The third-order valence-corrected chi connectivity index (χ3v) is 5.76. The van der Waals surface area contributed by atoms with Crippen LogP contribution in [-0.2, 0) is 18.9 Å². The number of halogens is 7. The van der Waals surface area contributed by atoms with Crippen LogP contribution in [0.1, 0.15) is 24.2 Å². The number of hydrogen-bond acceptors (Lipinski definition) is 5. The van der Waals surface area contributed by atoms with Crippen LogP contribution in [0.25, 0.3) is 34.6 Å². The number of rotatable bonds is 2. The molecule has 0 bridgehead atoms. The lowest BCUT2D eigenvalue weighted by Crippen LogP contribution is -2.23. The van der Waals surface area contributed by atoms with Gasteiger partial charge in [-0.3, -0.25) is 4.57 Å². The minimum atomic E-state index is -4.66. The summed E-state index contributed by atoms with van der Waals surface area (Å²) in [4.78, 5) is 3.66.